The molecule has 0 radical (unpaired) electrons. The largest absolute Gasteiger partial charge is 0.392 e. The minimum Gasteiger partial charge on any atom is -0.392 e. The van der Waals surface area contributed by atoms with Gasteiger partial charge < -0.3 is 5.11 Å². The molecule has 0 aliphatic heterocycles. The Bertz CT molecular complexity index is 327. The lowest BCUT2D eigenvalue weighted by Gasteiger charge is -2.01. The third-order valence-corrected chi connectivity index (χ3v) is 2.39. The van der Waals surface area contributed by atoms with Crippen LogP contribution in [-0.2, 0) is 6.61 Å². The van der Waals surface area contributed by atoms with Crippen LogP contribution >= 0.6 is 11.8 Å². The maximum absolute atomic E-state index is 10.5. The van der Waals surface area contributed by atoms with Crippen LogP contribution in [0.2, 0.25) is 0 Å². The summed E-state index contributed by atoms with van der Waals surface area (Å²) in [5, 5.41) is 19.3. The standard InChI is InChI=1S/C8H9NO3S/c1-13-8-4-6(5-10)2-3-7(8)9(11)12/h2-4,10H,5H2,1H3. The summed E-state index contributed by atoms with van der Waals surface area (Å²) in [5.74, 6) is 0. The van der Waals surface area contributed by atoms with Gasteiger partial charge in [0.1, 0.15) is 0 Å². The zero-order valence-corrected chi connectivity index (χ0v) is 7.87. The van der Waals surface area contributed by atoms with E-state index in [0.29, 0.717) is 10.5 Å². The first-order valence-electron chi connectivity index (χ1n) is 3.61. The van der Waals surface area contributed by atoms with Crippen molar-refractivity contribution in [2.45, 2.75) is 11.5 Å². The summed E-state index contributed by atoms with van der Waals surface area (Å²) in [4.78, 5) is 10.7. The lowest BCUT2D eigenvalue weighted by Crippen LogP contribution is -1.92. The molecule has 1 rings (SSSR count). The van der Waals surface area contributed by atoms with Gasteiger partial charge in [-0.2, -0.15) is 0 Å². The summed E-state index contributed by atoms with van der Waals surface area (Å²) in [5.41, 5.74) is 0.777. The zero-order chi connectivity index (χ0) is 9.84. The quantitative estimate of drug-likeness (QED) is 0.458. The van der Waals surface area contributed by atoms with E-state index in [4.69, 9.17) is 5.11 Å². The van der Waals surface area contributed by atoms with Crippen LogP contribution in [0.15, 0.2) is 23.1 Å². The van der Waals surface area contributed by atoms with E-state index in [1.165, 1.54) is 17.8 Å². The van der Waals surface area contributed by atoms with Crippen LogP contribution in [0.25, 0.3) is 0 Å². The van der Waals surface area contributed by atoms with Gasteiger partial charge in [-0.25, -0.2) is 0 Å². The molecule has 0 spiro atoms. The molecule has 1 aromatic carbocycles. The topological polar surface area (TPSA) is 63.4 Å². The highest BCUT2D eigenvalue weighted by molar-refractivity contribution is 7.98. The lowest BCUT2D eigenvalue weighted by atomic mass is 10.2. The number of aliphatic hydroxyl groups is 1. The second-order valence-corrected chi connectivity index (χ2v) is 3.27. The molecule has 0 atom stereocenters. The fraction of sp³-hybridized carbons (Fsp3) is 0.250. The molecule has 0 heterocycles. The number of rotatable bonds is 3. The van der Waals surface area contributed by atoms with E-state index in [-0.39, 0.29) is 12.3 Å². The molecular weight excluding hydrogens is 190 g/mol. The normalized spacial score (nSPS) is 10.0. The fourth-order valence-electron chi connectivity index (χ4n) is 0.971. The number of nitro benzene ring substituents is 1. The first-order chi connectivity index (χ1) is 6.19. The van der Waals surface area contributed by atoms with Crippen LogP contribution in [0.5, 0.6) is 0 Å². The molecule has 0 bridgehead atoms. The van der Waals surface area contributed by atoms with Gasteiger partial charge in [0.2, 0.25) is 0 Å². The monoisotopic (exact) mass is 199 g/mol. The maximum atomic E-state index is 10.5. The summed E-state index contributed by atoms with van der Waals surface area (Å²) in [7, 11) is 0. The van der Waals surface area contributed by atoms with E-state index < -0.39 is 4.92 Å². The van der Waals surface area contributed by atoms with Gasteiger partial charge in [-0.1, -0.05) is 0 Å². The molecule has 0 saturated heterocycles. The minimum absolute atomic E-state index is 0.0877. The Morgan fingerprint density at radius 2 is 2.31 bits per heavy atom. The molecule has 0 unspecified atom stereocenters. The van der Waals surface area contributed by atoms with E-state index in [2.05, 4.69) is 0 Å². The van der Waals surface area contributed by atoms with E-state index in [1.54, 1.807) is 18.4 Å². The molecule has 0 fully saturated rings. The second kappa shape index (κ2) is 4.25. The van der Waals surface area contributed by atoms with Crippen LogP contribution in [0, 0.1) is 10.1 Å². The highest BCUT2D eigenvalue weighted by Gasteiger charge is 2.12. The molecule has 13 heavy (non-hydrogen) atoms. The van der Waals surface area contributed by atoms with E-state index in [9.17, 15) is 10.1 Å². The summed E-state index contributed by atoms with van der Waals surface area (Å²) in [6.07, 6.45) is 1.77. The summed E-state index contributed by atoms with van der Waals surface area (Å²) in [6, 6.07) is 4.60. The molecule has 0 aliphatic carbocycles. The van der Waals surface area contributed by atoms with Gasteiger partial charge in [0.15, 0.2) is 0 Å². The molecule has 0 aliphatic rings. The van der Waals surface area contributed by atoms with Crippen molar-refractivity contribution in [3.63, 3.8) is 0 Å². The molecule has 5 heteroatoms. The Morgan fingerprint density at radius 3 is 2.77 bits per heavy atom. The Balaban J connectivity index is 3.15. The van der Waals surface area contributed by atoms with Crippen LogP contribution in [0.3, 0.4) is 0 Å². The zero-order valence-electron chi connectivity index (χ0n) is 7.06. The third kappa shape index (κ3) is 2.19. The number of nitrogens with zero attached hydrogens (tertiary/aromatic N) is 1. The average molecular weight is 199 g/mol. The first kappa shape index (κ1) is 10.0. The summed E-state index contributed by atoms with van der Waals surface area (Å²) >= 11 is 1.30. The van der Waals surface area contributed by atoms with Gasteiger partial charge in [-0.05, 0) is 24.0 Å². The van der Waals surface area contributed by atoms with Crippen molar-refractivity contribution in [2.75, 3.05) is 6.26 Å². The Hall–Kier alpha value is -1.07. The van der Waals surface area contributed by atoms with Crippen molar-refractivity contribution in [3.8, 4) is 0 Å². The van der Waals surface area contributed by atoms with Crippen LogP contribution < -0.4 is 0 Å². The van der Waals surface area contributed by atoms with Crippen molar-refractivity contribution in [1.82, 2.24) is 0 Å². The van der Waals surface area contributed by atoms with Gasteiger partial charge in [0.25, 0.3) is 5.69 Å². The molecule has 0 amide bonds. The van der Waals surface area contributed by atoms with Crippen LogP contribution in [0.4, 0.5) is 5.69 Å². The van der Waals surface area contributed by atoms with Gasteiger partial charge in [-0.15, -0.1) is 11.8 Å². The highest BCUT2D eigenvalue weighted by atomic mass is 32.2. The Morgan fingerprint density at radius 1 is 1.62 bits per heavy atom. The first-order valence-corrected chi connectivity index (χ1v) is 4.83. The highest BCUT2D eigenvalue weighted by Crippen LogP contribution is 2.28. The van der Waals surface area contributed by atoms with Crippen molar-refractivity contribution < 1.29 is 10.0 Å². The van der Waals surface area contributed by atoms with Crippen molar-refractivity contribution in [1.29, 1.82) is 0 Å². The van der Waals surface area contributed by atoms with Crippen molar-refractivity contribution >= 4 is 17.4 Å². The second-order valence-electron chi connectivity index (χ2n) is 2.42. The van der Waals surface area contributed by atoms with Crippen molar-refractivity contribution in [3.05, 3.63) is 33.9 Å². The van der Waals surface area contributed by atoms with E-state index in [0.717, 1.165) is 0 Å². The smallest absolute Gasteiger partial charge is 0.282 e. The van der Waals surface area contributed by atoms with Gasteiger partial charge in [0.05, 0.1) is 16.4 Å². The van der Waals surface area contributed by atoms with Gasteiger partial charge >= 0.3 is 0 Å². The Kier molecular flexibility index (Phi) is 3.27. The molecule has 0 saturated carbocycles. The van der Waals surface area contributed by atoms with Crippen molar-refractivity contribution in [2.24, 2.45) is 0 Å². The molecule has 4 nitrogen and oxygen atoms in total. The van der Waals surface area contributed by atoms with E-state index in [1.807, 2.05) is 0 Å². The molecule has 1 N–H and O–H groups in total. The third-order valence-electron chi connectivity index (χ3n) is 1.62. The minimum atomic E-state index is -0.424. The summed E-state index contributed by atoms with van der Waals surface area (Å²) < 4.78 is 0. The van der Waals surface area contributed by atoms with Gasteiger partial charge in [-0.3, -0.25) is 10.1 Å². The predicted octanol–water partition coefficient (Wildman–Crippen LogP) is 1.81. The number of nitro groups is 1. The molecule has 70 valence electrons. The van der Waals surface area contributed by atoms with Gasteiger partial charge in [0, 0.05) is 6.07 Å². The maximum Gasteiger partial charge on any atom is 0.282 e. The summed E-state index contributed by atoms with van der Waals surface area (Å²) in [6.45, 7) is -0.0917. The SMILES string of the molecule is CSc1cc(CO)ccc1[N+](=O)[O-]. The van der Waals surface area contributed by atoms with Crippen LogP contribution in [-0.4, -0.2) is 16.3 Å². The predicted molar refractivity (Wildman–Crippen MR) is 50.8 cm³/mol. The lowest BCUT2D eigenvalue weighted by molar-refractivity contribution is -0.387. The van der Waals surface area contributed by atoms with E-state index >= 15 is 0 Å². The number of benzene rings is 1. The molecule has 1 aromatic rings. The Labute approximate surface area is 79.7 Å². The fourth-order valence-corrected chi connectivity index (χ4v) is 1.59. The van der Waals surface area contributed by atoms with Crippen LogP contribution in [0.1, 0.15) is 5.56 Å². The number of hydrogen-bond acceptors (Lipinski definition) is 4. The molecular formula is C8H9NO3S. The number of hydrogen-bond donors (Lipinski definition) is 1. The number of thioether (sulfide) groups is 1. The average Bonchev–Trinajstić information content (AvgIpc) is 2.16. The molecule has 0 aromatic heterocycles. The number of aliphatic hydroxyl groups excluding tert-OH is 1.